The van der Waals surface area contributed by atoms with Gasteiger partial charge in [-0.1, -0.05) is 0 Å². The number of carbonyl (C=O) groups excluding carboxylic acids is 2. The maximum absolute atomic E-state index is 11.6. The summed E-state index contributed by atoms with van der Waals surface area (Å²) in [5, 5.41) is 5.96. The third-order valence-corrected chi connectivity index (χ3v) is 2.42. The highest BCUT2D eigenvalue weighted by molar-refractivity contribution is 5.88. The van der Waals surface area contributed by atoms with Crippen molar-refractivity contribution in [3.63, 3.8) is 0 Å². The van der Waals surface area contributed by atoms with Gasteiger partial charge < -0.3 is 19.8 Å². The zero-order valence-electron chi connectivity index (χ0n) is 12.4. The average molecular weight is 282 g/mol. The Bertz CT molecular complexity index is 460. The Morgan fingerprint density at radius 3 is 2.65 bits per heavy atom. The molecular formula is C14H22N2O4. The van der Waals surface area contributed by atoms with Crippen LogP contribution in [0.1, 0.15) is 43.3 Å². The molecule has 0 aromatic carbocycles. The maximum atomic E-state index is 11.6. The Morgan fingerprint density at radius 2 is 2.05 bits per heavy atom. The van der Waals surface area contributed by atoms with Crippen LogP contribution in [0.4, 0.5) is 0 Å². The summed E-state index contributed by atoms with van der Waals surface area (Å²) in [6.45, 7) is 6.82. The molecule has 0 radical (unpaired) electrons. The summed E-state index contributed by atoms with van der Waals surface area (Å²) < 4.78 is 9.79. The van der Waals surface area contributed by atoms with Gasteiger partial charge >= 0.3 is 5.97 Å². The predicted octanol–water partition coefficient (Wildman–Crippen LogP) is 1.46. The van der Waals surface area contributed by atoms with Gasteiger partial charge in [-0.3, -0.25) is 4.79 Å². The molecule has 112 valence electrons. The molecule has 0 bridgehead atoms. The molecule has 20 heavy (non-hydrogen) atoms. The number of nitrogens with one attached hydrogen (secondary N) is 2. The van der Waals surface area contributed by atoms with Crippen LogP contribution in [0.5, 0.6) is 0 Å². The van der Waals surface area contributed by atoms with Crippen LogP contribution in [0, 0.1) is 0 Å². The molecule has 0 spiro atoms. The second kappa shape index (κ2) is 7.09. The lowest BCUT2D eigenvalue weighted by molar-refractivity contribution is -0.122. The summed E-state index contributed by atoms with van der Waals surface area (Å²) in [6.07, 6.45) is 1.75. The molecule has 0 saturated carbocycles. The van der Waals surface area contributed by atoms with E-state index in [2.05, 4.69) is 15.4 Å². The van der Waals surface area contributed by atoms with Gasteiger partial charge in [0, 0.05) is 18.5 Å². The van der Waals surface area contributed by atoms with Crippen molar-refractivity contribution in [2.24, 2.45) is 0 Å². The van der Waals surface area contributed by atoms with Crippen LogP contribution in [0.3, 0.4) is 0 Å². The molecule has 1 aromatic heterocycles. The fourth-order valence-electron chi connectivity index (χ4n) is 1.59. The van der Waals surface area contributed by atoms with E-state index in [0.29, 0.717) is 30.8 Å². The number of methoxy groups -OCH3 is 1. The lowest BCUT2D eigenvalue weighted by Crippen LogP contribution is -2.41. The van der Waals surface area contributed by atoms with Crippen LogP contribution >= 0.6 is 0 Å². The molecule has 0 aliphatic rings. The lowest BCUT2D eigenvalue weighted by atomic mass is 10.1. The Morgan fingerprint density at radius 1 is 1.35 bits per heavy atom. The topological polar surface area (TPSA) is 80.6 Å². The second-order valence-electron chi connectivity index (χ2n) is 5.52. The summed E-state index contributed by atoms with van der Waals surface area (Å²) in [7, 11) is 1.32. The molecule has 0 saturated heterocycles. The van der Waals surface area contributed by atoms with Crippen LogP contribution in [0.15, 0.2) is 16.7 Å². The number of rotatable bonds is 6. The van der Waals surface area contributed by atoms with Gasteiger partial charge in [-0.25, -0.2) is 4.79 Å². The highest BCUT2D eigenvalue weighted by Gasteiger charge is 2.13. The largest absolute Gasteiger partial charge is 0.467 e. The van der Waals surface area contributed by atoms with Crippen LogP contribution in [-0.4, -0.2) is 31.1 Å². The number of furan rings is 1. The van der Waals surface area contributed by atoms with E-state index < -0.39 is 5.97 Å². The lowest BCUT2D eigenvalue weighted by Gasteiger charge is -2.20. The zero-order chi connectivity index (χ0) is 15.2. The van der Waals surface area contributed by atoms with Crippen LogP contribution in [-0.2, 0) is 16.1 Å². The summed E-state index contributed by atoms with van der Waals surface area (Å²) in [5.41, 5.74) is 0.169. The molecule has 6 nitrogen and oxygen atoms in total. The molecular weight excluding hydrogens is 260 g/mol. The monoisotopic (exact) mass is 282 g/mol. The van der Waals surface area contributed by atoms with E-state index in [9.17, 15) is 9.59 Å². The highest BCUT2D eigenvalue weighted by atomic mass is 16.5. The zero-order valence-corrected chi connectivity index (χ0v) is 12.4. The van der Waals surface area contributed by atoms with Crippen molar-refractivity contribution in [1.29, 1.82) is 0 Å². The van der Waals surface area contributed by atoms with E-state index >= 15 is 0 Å². The van der Waals surface area contributed by atoms with E-state index in [1.165, 1.54) is 13.4 Å². The molecule has 1 rings (SSSR count). The first-order chi connectivity index (χ1) is 9.31. The van der Waals surface area contributed by atoms with Crippen molar-refractivity contribution in [1.82, 2.24) is 10.6 Å². The van der Waals surface area contributed by atoms with Gasteiger partial charge in [-0.15, -0.1) is 0 Å². The molecule has 2 N–H and O–H groups in total. The molecule has 0 atom stereocenters. The SMILES string of the molecule is COC(=O)c1coc(CNCCC(=O)NC(C)(C)C)c1. The van der Waals surface area contributed by atoms with Gasteiger partial charge in [-0.2, -0.15) is 0 Å². The van der Waals surface area contributed by atoms with Gasteiger partial charge in [-0.05, 0) is 26.8 Å². The van der Waals surface area contributed by atoms with Crippen molar-refractivity contribution < 1.29 is 18.7 Å². The van der Waals surface area contributed by atoms with Gasteiger partial charge in [0.2, 0.25) is 5.91 Å². The van der Waals surface area contributed by atoms with E-state index in [1.54, 1.807) is 6.07 Å². The van der Waals surface area contributed by atoms with Gasteiger partial charge in [0.1, 0.15) is 12.0 Å². The summed E-state index contributed by atoms with van der Waals surface area (Å²) >= 11 is 0. The number of hydrogen-bond donors (Lipinski definition) is 2. The van der Waals surface area contributed by atoms with Crippen molar-refractivity contribution >= 4 is 11.9 Å². The quantitative estimate of drug-likeness (QED) is 0.610. The first-order valence-corrected chi connectivity index (χ1v) is 6.49. The van der Waals surface area contributed by atoms with E-state index in [0.717, 1.165) is 0 Å². The first kappa shape index (κ1) is 16.2. The maximum Gasteiger partial charge on any atom is 0.341 e. The standard InChI is InChI=1S/C14H22N2O4/c1-14(2,3)16-12(17)5-6-15-8-11-7-10(9-20-11)13(18)19-4/h7,9,15H,5-6,8H2,1-4H3,(H,16,17). The minimum absolute atomic E-state index is 0.000283. The van der Waals surface area contributed by atoms with Crippen molar-refractivity contribution in [3.8, 4) is 0 Å². The molecule has 6 heteroatoms. The van der Waals surface area contributed by atoms with E-state index in [1.807, 2.05) is 20.8 Å². The molecule has 0 aliphatic heterocycles. The van der Waals surface area contributed by atoms with E-state index in [-0.39, 0.29) is 11.4 Å². The Labute approximate surface area is 118 Å². The fourth-order valence-corrected chi connectivity index (χ4v) is 1.59. The summed E-state index contributed by atoms with van der Waals surface area (Å²) in [6, 6.07) is 1.62. The smallest absolute Gasteiger partial charge is 0.341 e. The predicted molar refractivity (Wildman–Crippen MR) is 74.3 cm³/mol. The Kier molecular flexibility index (Phi) is 5.76. The Balaban J connectivity index is 2.26. The van der Waals surface area contributed by atoms with Gasteiger partial charge in [0.05, 0.1) is 19.2 Å². The molecule has 0 aliphatic carbocycles. The summed E-state index contributed by atoms with van der Waals surface area (Å²) in [5.74, 6) is 0.200. The van der Waals surface area contributed by atoms with Crippen LogP contribution in [0.25, 0.3) is 0 Å². The van der Waals surface area contributed by atoms with E-state index in [4.69, 9.17) is 4.42 Å². The molecule has 0 unspecified atom stereocenters. The minimum atomic E-state index is -0.426. The van der Waals surface area contributed by atoms with Crippen LogP contribution < -0.4 is 10.6 Å². The number of amides is 1. The van der Waals surface area contributed by atoms with Crippen molar-refractivity contribution in [2.75, 3.05) is 13.7 Å². The molecule has 1 heterocycles. The minimum Gasteiger partial charge on any atom is -0.467 e. The summed E-state index contributed by atoms with van der Waals surface area (Å²) in [4.78, 5) is 22.8. The number of esters is 1. The first-order valence-electron chi connectivity index (χ1n) is 6.49. The van der Waals surface area contributed by atoms with Gasteiger partial charge in [0.15, 0.2) is 0 Å². The average Bonchev–Trinajstić information content (AvgIpc) is 2.80. The number of carbonyl (C=O) groups is 2. The third kappa shape index (κ3) is 5.88. The highest BCUT2D eigenvalue weighted by Crippen LogP contribution is 2.08. The van der Waals surface area contributed by atoms with Crippen molar-refractivity contribution in [3.05, 3.63) is 23.7 Å². The van der Waals surface area contributed by atoms with Gasteiger partial charge in [0.25, 0.3) is 0 Å². The molecule has 1 aromatic rings. The normalized spacial score (nSPS) is 11.2. The fraction of sp³-hybridized carbons (Fsp3) is 0.571. The number of ether oxygens (including phenoxy) is 1. The molecule has 1 amide bonds. The Hall–Kier alpha value is -1.82. The molecule has 0 fully saturated rings. The third-order valence-electron chi connectivity index (χ3n) is 2.42. The second-order valence-corrected chi connectivity index (χ2v) is 5.52. The van der Waals surface area contributed by atoms with Crippen LogP contribution in [0.2, 0.25) is 0 Å². The van der Waals surface area contributed by atoms with Crippen molar-refractivity contribution in [2.45, 2.75) is 39.3 Å². The number of hydrogen-bond acceptors (Lipinski definition) is 5.